The van der Waals surface area contributed by atoms with Gasteiger partial charge in [0, 0.05) is 13.1 Å². The van der Waals surface area contributed by atoms with E-state index in [0.717, 1.165) is 11.3 Å². The number of hydrogen-bond acceptors (Lipinski definition) is 2. The molecule has 0 atom stereocenters. The molecule has 4 nitrogen and oxygen atoms in total. The van der Waals surface area contributed by atoms with Gasteiger partial charge < -0.3 is 15.4 Å². The van der Waals surface area contributed by atoms with Gasteiger partial charge in [0.2, 0.25) is 0 Å². The Morgan fingerprint density at radius 1 is 1.17 bits per heavy atom. The quantitative estimate of drug-likeness (QED) is 0.557. The van der Waals surface area contributed by atoms with Gasteiger partial charge in [0.25, 0.3) is 0 Å². The van der Waals surface area contributed by atoms with Crippen molar-refractivity contribution in [1.29, 1.82) is 0 Å². The zero-order chi connectivity index (χ0) is 18.0. The first kappa shape index (κ1) is 20.1. The second kappa shape index (κ2) is 10.1. The molecule has 0 spiro atoms. The number of hydrogen-bond donors (Lipinski definition) is 2. The second-order valence-corrected chi connectivity index (χ2v) is 5.84. The summed E-state index contributed by atoms with van der Waals surface area (Å²) in [6, 6.07) is 7.55. The number of alkyl halides is 3. The molecule has 0 heterocycles. The fraction of sp³-hybridized carbons (Fsp3) is 0.588. The molecular weight excluding hydrogens is 319 g/mol. The Bertz CT molecular complexity index is 499. The van der Waals surface area contributed by atoms with Crippen LogP contribution in [0.15, 0.2) is 29.3 Å². The largest absolute Gasteiger partial charge is 0.493 e. The van der Waals surface area contributed by atoms with E-state index in [1.165, 1.54) is 0 Å². The number of ether oxygens (including phenoxy) is 1. The molecule has 0 saturated heterocycles. The minimum Gasteiger partial charge on any atom is -0.493 e. The predicted octanol–water partition coefficient (Wildman–Crippen LogP) is 3.73. The lowest BCUT2D eigenvalue weighted by molar-refractivity contribution is -0.132. The summed E-state index contributed by atoms with van der Waals surface area (Å²) in [7, 11) is 0. The Morgan fingerprint density at radius 3 is 2.38 bits per heavy atom. The van der Waals surface area contributed by atoms with Gasteiger partial charge in [-0.15, -0.1) is 0 Å². The van der Waals surface area contributed by atoms with Crippen LogP contribution < -0.4 is 15.4 Å². The second-order valence-electron chi connectivity index (χ2n) is 5.84. The van der Waals surface area contributed by atoms with E-state index < -0.39 is 12.6 Å². The van der Waals surface area contributed by atoms with Crippen LogP contribution in [0.25, 0.3) is 0 Å². The lowest BCUT2D eigenvalue weighted by Crippen LogP contribution is -2.38. The highest BCUT2D eigenvalue weighted by Gasteiger charge is 2.26. The van der Waals surface area contributed by atoms with E-state index in [9.17, 15) is 13.2 Å². The molecule has 0 bridgehead atoms. The van der Waals surface area contributed by atoms with Crippen LogP contribution in [0, 0.1) is 5.92 Å². The van der Waals surface area contributed by atoms with Gasteiger partial charge in [-0.05, 0) is 30.5 Å². The first-order chi connectivity index (χ1) is 11.3. The van der Waals surface area contributed by atoms with Crippen molar-refractivity contribution in [1.82, 2.24) is 10.6 Å². The molecular formula is C17H26F3N3O. The number of guanidine groups is 1. The molecule has 7 heteroatoms. The maximum atomic E-state index is 12.2. The standard InChI is InChI=1S/C17H26F3N3O/c1-4-21-16(22-10-9-17(18,19)20)23-11-14-5-7-15(8-6-14)24-12-13(2)3/h5-8,13H,4,9-12H2,1-3H3,(H2,21,22,23). The summed E-state index contributed by atoms with van der Waals surface area (Å²) >= 11 is 0. The third-order valence-corrected chi connectivity index (χ3v) is 2.97. The molecule has 0 aromatic heterocycles. The number of benzene rings is 1. The Morgan fingerprint density at radius 2 is 1.83 bits per heavy atom. The van der Waals surface area contributed by atoms with Crippen molar-refractivity contribution in [2.45, 2.75) is 39.9 Å². The monoisotopic (exact) mass is 345 g/mol. The average Bonchev–Trinajstić information content (AvgIpc) is 2.50. The topological polar surface area (TPSA) is 45.7 Å². The molecule has 24 heavy (non-hydrogen) atoms. The van der Waals surface area contributed by atoms with Crippen LogP contribution in [0.2, 0.25) is 0 Å². The maximum Gasteiger partial charge on any atom is 0.390 e. The molecule has 0 aliphatic rings. The van der Waals surface area contributed by atoms with E-state index in [-0.39, 0.29) is 6.54 Å². The van der Waals surface area contributed by atoms with E-state index in [1.54, 1.807) is 0 Å². The number of nitrogens with zero attached hydrogens (tertiary/aromatic N) is 1. The SMILES string of the molecule is CCNC(=NCc1ccc(OCC(C)C)cc1)NCCC(F)(F)F. The van der Waals surface area contributed by atoms with E-state index in [0.29, 0.717) is 31.6 Å². The fourth-order valence-electron chi connectivity index (χ4n) is 1.79. The molecule has 2 N–H and O–H groups in total. The number of halogens is 3. The molecule has 0 amide bonds. The van der Waals surface area contributed by atoms with Crippen LogP contribution in [0.3, 0.4) is 0 Å². The molecule has 1 rings (SSSR count). The Kier molecular flexibility index (Phi) is 8.43. The maximum absolute atomic E-state index is 12.2. The van der Waals surface area contributed by atoms with E-state index >= 15 is 0 Å². The van der Waals surface area contributed by atoms with Crippen molar-refractivity contribution in [3.05, 3.63) is 29.8 Å². The van der Waals surface area contributed by atoms with Gasteiger partial charge in [-0.25, -0.2) is 4.99 Å². The van der Waals surface area contributed by atoms with Gasteiger partial charge in [0.15, 0.2) is 5.96 Å². The van der Waals surface area contributed by atoms with Crippen LogP contribution in [-0.2, 0) is 6.54 Å². The molecule has 0 fully saturated rings. The van der Waals surface area contributed by atoms with Crippen molar-refractivity contribution in [2.75, 3.05) is 19.7 Å². The third kappa shape index (κ3) is 9.27. The molecule has 1 aromatic carbocycles. The van der Waals surface area contributed by atoms with Gasteiger partial charge in [0.05, 0.1) is 19.6 Å². The highest BCUT2D eigenvalue weighted by molar-refractivity contribution is 5.79. The van der Waals surface area contributed by atoms with Crippen molar-refractivity contribution in [2.24, 2.45) is 10.9 Å². The predicted molar refractivity (Wildman–Crippen MR) is 90.3 cm³/mol. The first-order valence-corrected chi connectivity index (χ1v) is 8.11. The van der Waals surface area contributed by atoms with Crippen molar-refractivity contribution in [3.63, 3.8) is 0 Å². The Balaban J connectivity index is 2.52. The minimum atomic E-state index is -4.17. The Labute approximate surface area is 141 Å². The highest BCUT2D eigenvalue weighted by Crippen LogP contribution is 2.18. The van der Waals surface area contributed by atoms with Crippen molar-refractivity contribution in [3.8, 4) is 5.75 Å². The van der Waals surface area contributed by atoms with E-state index in [4.69, 9.17) is 4.74 Å². The van der Waals surface area contributed by atoms with Crippen LogP contribution >= 0.6 is 0 Å². The van der Waals surface area contributed by atoms with E-state index in [1.807, 2.05) is 31.2 Å². The Hall–Kier alpha value is -1.92. The molecule has 0 radical (unpaired) electrons. The number of rotatable bonds is 8. The summed E-state index contributed by atoms with van der Waals surface area (Å²) in [4.78, 5) is 4.29. The lowest BCUT2D eigenvalue weighted by Gasteiger charge is -2.12. The summed E-state index contributed by atoms with van der Waals surface area (Å²) in [5.41, 5.74) is 0.958. The molecule has 0 unspecified atom stereocenters. The summed E-state index contributed by atoms with van der Waals surface area (Å²) in [5, 5.41) is 5.62. The number of nitrogens with one attached hydrogen (secondary N) is 2. The van der Waals surface area contributed by atoms with Crippen LogP contribution in [0.1, 0.15) is 32.8 Å². The van der Waals surface area contributed by atoms with Crippen LogP contribution in [-0.4, -0.2) is 31.8 Å². The summed E-state index contributed by atoms with van der Waals surface area (Å²) < 4.78 is 42.1. The van der Waals surface area contributed by atoms with Gasteiger partial charge >= 0.3 is 6.18 Å². The zero-order valence-electron chi connectivity index (χ0n) is 14.4. The molecule has 1 aromatic rings. The van der Waals surface area contributed by atoms with Crippen LogP contribution in [0.4, 0.5) is 13.2 Å². The molecule has 0 aliphatic heterocycles. The normalized spacial score (nSPS) is 12.4. The summed E-state index contributed by atoms with van der Waals surface area (Å²) in [6.07, 6.45) is -5.06. The fourth-order valence-corrected chi connectivity index (χ4v) is 1.79. The highest BCUT2D eigenvalue weighted by atomic mass is 19.4. The lowest BCUT2D eigenvalue weighted by atomic mass is 10.2. The summed E-state index contributed by atoms with van der Waals surface area (Å²) in [5.74, 6) is 1.63. The smallest absolute Gasteiger partial charge is 0.390 e. The third-order valence-electron chi connectivity index (χ3n) is 2.97. The van der Waals surface area contributed by atoms with Gasteiger partial charge in [-0.2, -0.15) is 13.2 Å². The molecule has 0 aliphatic carbocycles. The first-order valence-electron chi connectivity index (χ1n) is 8.11. The summed E-state index contributed by atoms with van der Waals surface area (Å²) in [6.45, 7) is 7.45. The molecule has 136 valence electrons. The number of aliphatic imine (C=N–C) groups is 1. The van der Waals surface area contributed by atoms with Gasteiger partial charge in [-0.1, -0.05) is 26.0 Å². The zero-order valence-corrected chi connectivity index (χ0v) is 14.4. The minimum absolute atomic E-state index is 0.197. The van der Waals surface area contributed by atoms with Gasteiger partial charge in [0.1, 0.15) is 5.75 Å². The molecule has 0 saturated carbocycles. The van der Waals surface area contributed by atoms with Crippen molar-refractivity contribution >= 4 is 5.96 Å². The van der Waals surface area contributed by atoms with E-state index in [2.05, 4.69) is 29.5 Å². The van der Waals surface area contributed by atoms with Gasteiger partial charge in [-0.3, -0.25) is 0 Å². The van der Waals surface area contributed by atoms with Crippen molar-refractivity contribution < 1.29 is 17.9 Å². The average molecular weight is 345 g/mol. The van der Waals surface area contributed by atoms with Crippen LogP contribution in [0.5, 0.6) is 5.75 Å².